The molecule has 8 nitrogen and oxygen atoms in total. The molecule has 0 fully saturated rings. The molecule has 10 heteroatoms. The van der Waals surface area contributed by atoms with Crippen molar-refractivity contribution in [2.24, 2.45) is 0 Å². The van der Waals surface area contributed by atoms with E-state index in [1.807, 2.05) is 18.2 Å². The van der Waals surface area contributed by atoms with Crippen LogP contribution in [0.1, 0.15) is 27.6 Å². The fraction of sp³-hybridized carbons (Fsp3) is 0.250. The molecule has 30 heavy (non-hydrogen) atoms. The molecule has 0 atom stereocenters. The molecule has 0 bridgehead atoms. The van der Waals surface area contributed by atoms with Crippen LogP contribution in [0.3, 0.4) is 0 Å². The molecule has 0 aliphatic carbocycles. The molecule has 2 aromatic carbocycles. The number of hydrogen-bond donors (Lipinski definition) is 1. The largest absolute Gasteiger partial charge is 0.319 e. The third-order valence-electron chi connectivity index (χ3n) is 5.00. The summed E-state index contributed by atoms with van der Waals surface area (Å²) in [5.74, 6) is 0.119. The van der Waals surface area contributed by atoms with Crippen LogP contribution in [0.2, 0.25) is 5.02 Å². The van der Waals surface area contributed by atoms with Gasteiger partial charge in [-0.05, 0) is 42.7 Å². The molecule has 4 rings (SSSR count). The number of nitrogens with one attached hydrogen (secondary N) is 1. The van der Waals surface area contributed by atoms with E-state index in [0.29, 0.717) is 35.2 Å². The van der Waals surface area contributed by atoms with E-state index in [1.165, 1.54) is 15.2 Å². The summed E-state index contributed by atoms with van der Waals surface area (Å²) >= 11 is 6.24. The van der Waals surface area contributed by atoms with Crippen LogP contribution in [0, 0.1) is 6.92 Å². The number of hydrogen-bond acceptors (Lipinski definition) is 5. The number of rotatable bonds is 4. The Balaban J connectivity index is 1.59. The van der Waals surface area contributed by atoms with Crippen LogP contribution < -0.4 is 5.32 Å². The molecule has 3 aromatic rings. The van der Waals surface area contributed by atoms with Crippen molar-refractivity contribution in [1.82, 2.24) is 19.1 Å². The van der Waals surface area contributed by atoms with Crippen LogP contribution in [-0.2, 0) is 23.0 Å². The smallest absolute Gasteiger partial charge is 0.295 e. The zero-order valence-corrected chi connectivity index (χ0v) is 18.0. The van der Waals surface area contributed by atoms with E-state index >= 15 is 0 Å². The number of anilines is 1. The molecule has 156 valence electrons. The number of amides is 1. The van der Waals surface area contributed by atoms with Crippen LogP contribution in [-0.4, -0.2) is 46.2 Å². The number of aromatic nitrogens is 3. The van der Waals surface area contributed by atoms with Gasteiger partial charge in [-0.2, -0.15) is 4.31 Å². The molecule has 0 radical (unpaired) electrons. The maximum Gasteiger partial charge on any atom is 0.295 e. The standard InChI is InChI=1S/C20H20ClN5O3S/c1-13-22-19(24-26(13)18-9-4-3-7-16(18)21)20(27)23-17-8-5-6-14-12-25(30(2,28)29)11-10-15(14)17/h3-9H,10-12H2,1-2H3,(H,23,27). The Morgan fingerprint density at radius 3 is 2.67 bits per heavy atom. The molecule has 0 unspecified atom stereocenters. The lowest BCUT2D eigenvalue weighted by Crippen LogP contribution is -2.35. The van der Waals surface area contributed by atoms with E-state index in [0.717, 1.165) is 11.1 Å². The van der Waals surface area contributed by atoms with Crippen molar-refractivity contribution < 1.29 is 13.2 Å². The fourth-order valence-electron chi connectivity index (χ4n) is 3.50. The summed E-state index contributed by atoms with van der Waals surface area (Å²) in [6.45, 7) is 2.41. The van der Waals surface area contributed by atoms with Gasteiger partial charge in [-0.1, -0.05) is 35.9 Å². The molecular formula is C20H20ClN5O3S. The van der Waals surface area contributed by atoms with Crippen LogP contribution >= 0.6 is 11.6 Å². The first-order valence-electron chi connectivity index (χ1n) is 9.30. The molecule has 0 saturated carbocycles. The van der Waals surface area contributed by atoms with Gasteiger partial charge >= 0.3 is 0 Å². The highest BCUT2D eigenvalue weighted by Crippen LogP contribution is 2.28. The molecule has 2 heterocycles. The zero-order valence-electron chi connectivity index (χ0n) is 16.5. The quantitative estimate of drug-likeness (QED) is 0.666. The number of carbonyl (C=O) groups is 1. The van der Waals surface area contributed by atoms with Gasteiger partial charge in [0, 0.05) is 18.8 Å². The van der Waals surface area contributed by atoms with Gasteiger partial charge < -0.3 is 5.32 Å². The molecule has 1 aliphatic heterocycles. The minimum atomic E-state index is -3.27. The van der Waals surface area contributed by atoms with Crippen molar-refractivity contribution in [3.63, 3.8) is 0 Å². The predicted octanol–water partition coefficient (Wildman–Crippen LogP) is 2.80. The first-order valence-corrected chi connectivity index (χ1v) is 11.5. The number of para-hydroxylation sites is 1. The number of carbonyl (C=O) groups excluding carboxylic acids is 1. The lowest BCUT2D eigenvalue weighted by atomic mass is 9.99. The summed E-state index contributed by atoms with van der Waals surface area (Å²) in [7, 11) is -3.27. The van der Waals surface area contributed by atoms with Gasteiger partial charge in [-0.25, -0.2) is 18.1 Å². The van der Waals surface area contributed by atoms with Crippen molar-refractivity contribution >= 4 is 33.2 Å². The second kappa shape index (κ2) is 7.82. The average molecular weight is 446 g/mol. The number of aryl methyl sites for hydroxylation is 1. The van der Waals surface area contributed by atoms with Crippen LogP contribution in [0.25, 0.3) is 5.69 Å². The van der Waals surface area contributed by atoms with E-state index in [4.69, 9.17) is 11.6 Å². The monoisotopic (exact) mass is 445 g/mol. The molecular weight excluding hydrogens is 426 g/mol. The first-order chi connectivity index (χ1) is 14.2. The molecule has 0 spiro atoms. The van der Waals surface area contributed by atoms with E-state index in [9.17, 15) is 13.2 Å². The highest BCUT2D eigenvalue weighted by Gasteiger charge is 2.25. The summed E-state index contributed by atoms with van der Waals surface area (Å²) in [6.07, 6.45) is 1.71. The number of sulfonamides is 1. The molecule has 1 amide bonds. The summed E-state index contributed by atoms with van der Waals surface area (Å²) in [4.78, 5) is 17.1. The zero-order chi connectivity index (χ0) is 21.5. The number of nitrogens with zero attached hydrogens (tertiary/aromatic N) is 4. The Morgan fingerprint density at radius 1 is 1.17 bits per heavy atom. The highest BCUT2D eigenvalue weighted by atomic mass is 35.5. The number of halogens is 1. The third kappa shape index (κ3) is 3.96. The van der Waals surface area contributed by atoms with Gasteiger partial charge in [-0.3, -0.25) is 4.79 Å². The summed E-state index contributed by atoms with van der Waals surface area (Å²) < 4.78 is 26.7. The van der Waals surface area contributed by atoms with Gasteiger partial charge in [0.05, 0.1) is 17.0 Å². The average Bonchev–Trinajstić information content (AvgIpc) is 3.09. The first kappa shape index (κ1) is 20.5. The normalized spacial score (nSPS) is 14.4. The van der Waals surface area contributed by atoms with Gasteiger partial charge in [0.25, 0.3) is 5.91 Å². The Hall–Kier alpha value is -2.75. The number of benzene rings is 2. The van der Waals surface area contributed by atoms with Gasteiger partial charge in [0.1, 0.15) is 5.82 Å². The van der Waals surface area contributed by atoms with Crippen molar-refractivity contribution in [3.8, 4) is 5.69 Å². The summed E-state index contributed by atoms with van der Waals surface area (Å²) in [5.41, 5.74) is 3.07. The Kier molecular flexibility index (Phi) is 5.35. The number of fused-ring (bicyclic) bond motifs is 1. The maximum atomic E-state index is 12.8. The fourth-order valence-corrected chi connectivity index (χ4v) is 4.51. The lowest BCUT2D eigenvalue weighted by molar-refractivity contribution is 0.101. The lowest BCUT2D eigenvalue weighted by Gasteiger charge is -2.28. The van der Waals surface area contributed by atoms with E-state index < -0.39 is 15.9 Å². The summed E-state index contributed by atoms with van der Waals surface area (Å²) in [6, 6.07) is 12.6. The van der Waals surface area contributed by atoms with Crippen LogP contribution in [0.15, 0.2) is 42.5 Å². The SMILES string of the molecule is Cc1nc(C(=O)Nc2cccc3c2CCN(S(C)(=O)=O)C3)nn1-c1ccccc1Cl. The molecule has 1 aliphatic rings. The Morgan fingerprint density at radius 2 is 1.93 bits per heavy atom. The van der Waals surface area contributed by atoms with Crippen molar-refractivity contribution in [2.75, 3.05) is 18.1 Å². The Bertz CT molecular complexity index is 1240. The third-order valence-corrected chi connectivity index (χ3v) is 6.57. The highest BCUT2D eigenvalue weighted by molar-refractivity contribution is 7.88. The van der Waals surface area contributed by atoms with Crippen molar-refractivity contribution in [1.29, 1.82) is 0 Å². The van der Waals surface area contributed by atoms with E-state index in [-0.39, 0.29) is 12.4 Å². The molecule has 1 N–H and O–H groups in total. The second-order valence-corrected chi connectivity index (χ2v) is 9.48. The maximum absolute atomic E-state index is 12.8. The van der Waals surface area contributed by atoms with Crippen molar-refractivity contribution in [2.45, 2.75) is 19.9 Å². The topological polar surface area (TPSA) is 97.2 Å². The van der Waals surface area contributed by atoms with E-state index in [1.54, 1.807) is 31.2 Å². The van der Waals surface area contributed by atoms with Crippen LogP contribution in [0.4, 0.5) is 5.69 Å². The van der Waals surface area contributed by atoms with Crippen LogP contribution in [0.5, 0.6) is 0 Å². The molecule has 1 aromatic heterocycles. The van der Waals surface area contributed by atoms with E-state index in [2.05, 4.69) is 15.4 Å². The second-order valence-electron chi connectivity index (χ2n) is 7.09. The summed E-state index contributed by atoms with van der Waals surface area (Å²) in [5, 5.41) is 7.69. The molecule has 0 saturated heterocycles. The van der Waals surface area contributed by atoms with Gasteiger partial charge in [-0.15, -0.1) is 5.10 Å². The minimum Gasteiger partial charge on any atom is -0.319 e. The van der Waals surface area contributed by atoms with Gasteiger partial charge in [0.2, 0.25) is 15.8 Å². The predicted molar refractivity (Wildman–Crippen MR) is 114 cm³/mol. The Labute approximate surface area is 179 Å². The van der Waals surface area contributed by atoms with Gasteiger partial charge in [0.15, 0.2) is 0 Å². The minimum absolute atomic E-state index is 0.0265. The van der Waals surface area contributed by atoms with Crippen molar-refractivity contribution in [3.05, 3.63) is 70.3 Å².